The smallest absolute Gasteiger partial charge is 0.270 e. The molecule has 0 bridgehead atoms. The van der Waals surface area contributed by atoms with E-state index in [1.54, 1.807) is 12.1 Å². The Bertz CT molecular complexity index is 631. The second-order valence-electron chi connectivity index (χ2n) is 5.29. The van der Waals surface area contributed by atoms with Crippen molar-refractivity contribution in [3.05, 3.63) is 45.2 Å². The average molecular weight is 325 g/mol. The normalized spacial score (nSPS) is 21.7. The molecular formula is C13H15N3O3S2. The fraction of sp³-hybridized carbons (Fsp3) is 0.385. The van der Waals surface area contributed by atoms with Crippen LogP contribution in [0.4, 0.5) is 5.69 Å². The topological polar surface area (TPSA) is 72.5 Å². The molecule has 1 aromatic carbocycles. The van der Waals surface area contributed by atoms with Crippen molar-refractivity contribution in [1.29, 1.82) is 0 Å². The van der Waals surface area contributed by atoms with Gasteiger partial charge in [-0.3, -0.25) is 10.1 Å². The minimum Gasteiger partial charge on any atom is -0.623 e. The second kappa shape index (κ2) is 5.61. The molecule has 21 heavy (non-hydrogen) atoms. The molecule has 0 N–H and O–H groups in total. The summed E-state index contributed by atoms with van der Waals surface area (Å²) in [6.07, 6.45) is 1.37. The van der Waals surface area contributed by atoms with E-state index >= 15 is 0 Å². The van der Waals surface area contributed by atoms with Crippen LogP contribution in [0.1, 0.15) is 19.4 Å². The molecule has 1 saturated heterocycles. The summed E-state index contributed by atoms with van der Waals surface area (Å²) >= 11 is 6.55. The average Bonchev–Trinajstić information content (AvgIpc) is 2.62. The molecule has 0 amide bonds. The maximum absolute atomic E-state index is 12.4. The number of non-ortho nitro benzene ring substituents is 1. The molecule has 1 fully saturated rings. The number of thiocarbonyl (C=S) groups is 1. The molecule has 0 aliphatic carbocycles. The molecule has 8 heteroatoms. The number of rotatable bonds is 3. The van der Waals surface area contributed by atoms with Crippen LogP contribution in [-0.4, -0.2) is 43.1 Å². The summed E-state index contributed by atoms with van der Waals surface area (Å²) in [6.45, 7) is 3.88. The van der Waals surface area contributed by atoms with Crippen LogP contribution in [0.2, 0.25) is 0 Å². The summed E-state index contributed by atoms with van der Waals surface area (Å²) in [5.74, 6) is 0. The highest BCUT2D eigenvalue weighted by atomic mass is 32.2. The molecule has 0 radical (unpaired) electrons. The van der Waals surface area contributed by atoms with Crippen molar-refractivity contribution < 1.29 is 9.66 Å². The van der Waals surface area contributed by atoms with E-state index in [9.17, 15) is 15.3 Å². The van der Waals surface area contributed by atoms with Crippen LogP contribution in [0.3, 0.4) is 0 Å². The van der Waals surface area contributed by atoms with Gasteiger partial charge in [-0.15, -0.1) is 0 Å². The fourth-order valence-corrected chi connectivity index (χ4v) is 3.72. The highest BCUT2D eigenvalue weighted by molar-refractivity contribution is 8.23. The van der Waals surface area contributed by atoms with Crippen LogP contribution in [0.5, 0.6) is 0 Å². The number of thioether (sulfide) groups is 1. The van der Waals surface area contributed by atoms with Gasteiger partial charge in [0.2, 0.25) is 5.37 Å². The van der Waals surface area contributed by atoms with Gasteiger partial charge in [0, 0.05) is 24.7 Å². The summed E-state index contributed by atoms with van der Waals surface area (Å²) in [5, 5.41) is 22.7. The van der Waals surface area contributed by atoms with Crippen LogP contribution < -0.4 is 0 Å². The Morgan fingerprint density at radius 2 is 2.10 bits per heavy atom. The van der Waals surface area contributed by atoms with Crippen LogP contribution in [0.25, 0.3) is 0 Å². The Labute approximate surface area is 132 Å². The molecule has 2 rings (SSSR count). The Hall–Kier alpha value is -1.67. The predicted molar refractivity (Wildman–Crippen MR) is 87.7 cm³/mol. The molecule has 0 aromatic heterocycles. The summed E-state index contributed by atoms with van der Waals surface area (Å²) in [5.41, 5.74) is 0.0416. The second-order valence-corrected chi connectivity index (χ2v) is 7.00. The van der Waals surface area contributed by atoms with Gasteiger partial charge in [-0.05, 0) is 31.7 Å². The maximum atomic E-state index is 12.4. The van der Waals surface area contributed by atoms with Crippen molar-refractivity contribution in [1.82, 2.24) is 4.90 Å². The number of likely N-dealkylation sites (N-methyl/N-ethyl adjacent to an activating group) is 1. The van der Waals surface area contributed by atoms with Gasteiger partial charge in [0.05, 0.1) is 4.92 Å². The first-order valence-corrected chi connectivity index (χ1v) is 7.51. The summed E-state index contributed by atoms with van der Waals surface area (Å²) in [6, 6.07) is 5.98. The van der Waals surface area contributed by atoms with Gasteiger partial charge in [-0.2, -0.15) is 4.74 Å². The van der Waals surface area contributed by atoms with Crippen LogP contribution in [0.15, 0.2) is 24.3 Å². The standard InChI is InChI=1S/C13H15N3O3S2/c1-13(2)11(21-12(20)14(13)3)15(17)8-9-5-4-6-10(7-9)16(18)19/h4-8,11H,1-3H3/b15-8+/t11-/m1/s1. The molecule has 1 aliphatic rings. The number of nitro groups is 1. The maximum Gasteiger partial charge on any atom is 0.270 e. The molecule has 0 saturated carbocycles. The molecule has 1 aromatic rings. The van der Waals surface area contributed by atoms with Crippen molar-refractivity contribution in [3.63, 3.8) is 0 Å². The number of hydrogen-bond acceptors (Lipinski definition) is 5. The molecule has 0 unspecified atom stereocenters. The van der Waals surface area contributed by atoms with Gasteiger partial charge >= 0.3 is 0 Å². The van der Waals surface area contributed by atoms with E-state index in [4.69, 9.17) is 12.2 Å². The van der Waals surface area contributed by atoms with Crippen molar-refractivity contribution in [2.45, 2.75) is 24.8 Å². The number of hydrogen-bond donors (Lipinski definition) is 0. The lowest BCUT2D eigenvalue weighted by Crippen LogP contribution is -2.47. The van der Waals surface area contributed by atoms with Crippen LogP contribution in [-0.2, 0) is 0 Å². The van der Waals surface area contributed by atoms with Gasteiger partial charge in [0.1, 0.15) is 9.86 Å². The lowest BCUT2D eigenvalue weighted by atomic mass is 10.0. The third-order valence-electron chi connectivity index (χ3n) is 3.54. The Morgan fingerprint density at radius 3 is 2.62 bits per heavy atom. The van der Waals surface area contributed by atoms with E-state index in [-0.39, 0.29) is 5.69 Å². The van der Waals surface area contributed by atoms with Crippen molar-refractivity contribution in [3.8, 4) is 0 Å². The van der Waals surface area contributed by atoms with E-state index in [2.05, 4.69) is 0 Å². The lowest BCUT2D eigenvalue weighted by molar-refractivity contribution is -0.480. The SMILES string of the molecule is CN1C(=S)S[C@@H](/[N+]([O-])=C\c2cccc([N+](=O)[O-])c2)C1(C)C. The zero-order chi connectivity index (χ0) is 15.8. The Balaban J connectivity index is 2.32. The molecule has 112 valence electrons. The predicted octanol–water partition coefficient (Wildman–Crippen LogP) is 2.59. The molecule has 0 spiro atoms. The fourth-order valence-electron chi connectivity index (χ4n) is 2.02. The van der Waals surface area contributed by atoms with E-state index in [1.807, 2.05) is 25.8 Å². The quantitative estimate of drug-likeness (QED) is 0.212. The molecule has 1 aliphatic heterocycles. The van der Waals surface area contributed by atoms with E-state index < -0.39 is 15.8 Å². The van der Waals surface area contributed by atoms with E-state index in [0.29, 0.717) is 9.88 Å². The zero-order valence-corrected chi connectivity index (χ0v) is 13.5. The van der Waals surface area contributed by atoms with Gasteiger partial charge in [0.15, 0.2) is 6.21 Å². The summed E-state index contributed by atoms with van der Waals surface area (Å²) in [7, 11) is 1.86. The minimum absolute atomic E-state index is 0.0388. The largest absolute Gasteiger partial charge is 0.623 e. The van der Waals surface area contributed by atoms with E-state index in [0.717, 1.165) is 4.74 Å². The number of benzene rings is 1. The van der Waals surface area contributed by atoms with Gasteiger partial charge in [-0.1, -0.05) is 18.3 Å². The van der Waals surface area contributed by atoms with Gasteiger partial charge < -0.3 is 10.1 Å². The summed E-state index contributed by atoms with van der Waals surface area (Å²) < 4.78 is 1.48. The first-order valence-electron chi connectivity index (χ1n) is 6.22. The number of hydroxylamine groups is 1. The molecular weight excluding hydrogens is 310 g/mol. The highest BCUT2D eigenvalue weighted by Crippen LogP contribution is 2.38. The third-order valence-corrected chi connectivity index (χ3v) is 5.59. The minimum atomic E-state index is -0.482. The van der Waals surface area contributed by atoms with Crippen molar-refractivity contribution in [2.24, 2.45) is 0 Å². The molecule has 6 nitrogen and oxygen atoms in total. The highest BCUT2D eigenvalue weighted by Gasteiger charge is 2.48. The van der Waals surface area contributed by atoms with Crippen LogP contribution in [0, 0.1) is 15.3 Å². The number of nitro benzene ring substituents is 1. The van der Waals surface area contributed by atoms with E-state index in [1.165, 1.54) is 30.1 Å². The first-order chi connectivity index (χ1) is 9.73. The van der Waals surface area contributed by atoms with Gasteiger partial charge in [-0.25, -0.2) is 0 Å². The van der Waals surface area contributed by atoms with Crippen LogP contribution >= 0.6 is 24.0 Å². The molecule has 1 atom stereocenters. The van der Waals surface area contributed by atoms with Gasteiger partial charge in [0.25, 0.3) is 5.69 Å². The number of nitrogens with zero attached hydrogens (tertiary/aromatic N) is 3. The third kappa shape index (κ3) is 3.01. The van der Waals surface area contributed by atoms with Crippen molar-refractivity contribution >= 4 is 40.2 Å². The first kappa shape index (κ1) is 15.7. The molecule has 1 heterocycles. The Kier molecular flexibility index (Phi) is 4.20. The van der Waals surface area contributed by atoms with Crippen molar-refractivity contribution in [2.75, 3.05) is 7.05 Å². The Morgan fingerprint density at radius 1 is 1.43 bits per heavy atom. The lowest BCUT2D eigenvalue weighted by Gasteiger charge is -2.30. The zero-order valence-electron chi connectivity index (χ0n) is 11.8. The monoisotopic (exact) mass is 325 g/mol. The summed E-state index contributed by atoms with van der Waals surface area (Å²) in [4.78, 5) is 12.2.